The van der Waals surface area contributed by atoms with E-state index in [0.717, 1.165) is 20.3 Å². The summed E-state index contributed by atoms with van der Waals surface area (Å²) in [5.74, 6) is -1.26. The van der Waals surface area contributed by atoms with Gasteiger partial charge in [-0.15, -0.1) is 4.99 Å². The third-order valence-corrected chi connectivity index (χ3v) is 5.80. The third-order valence-electron chi connectivity index (χ3n) is 3.72. The molecular weight excluding hydrogens is 515 g/mol. The highest BCUT2D eigenvalue weighted by Gasteiger charge is 2.25. The molecule has 0 spiro atoms. The predicted molar refractivity (Wildman–Crippen MR) is 124 cm³/mol. The first kappa shape index (κ1) is 26.7. The van der Waals surface area contributed by atoms with Gasteiger partial charge in [0.1, 0.15) is 9.92 Å². The summed E-state index contributed by atoms with van der Waals surface area (Å²) >= 11 is 11.9. The number of carbonyl (C=O) groups excluding carboxylic acids is 3. The van der Waals surface area contributed by atoms with Crippen molar-refractivity contribution < 1.29 is 36.5 Å². The van der Waals surface area contributed by atoms with E-state index in [1.165, 1.54) is 37.3 Å². The number of nitrogens with zero attached hydrogens (tertiary/aromatic N) is 1. The van der Waals surface area contributed by atoms with Crippen molar-refractivity contribution >= 4 is 68.7 Å². The molecule has 2 rings (SSSR count). The van der Waals surface area contributed by atoms with E-state index in [1.807, 2.05) is 0 Å². The van der Waals surface area contributed by atoms with Crippen molar-refractivity contribution in [2.75, 3.05) is 24.9 Å². The van der Waals surface area contributed by atoms with Crippen LogP contribution in [0.4, 0.5) is 21.0 Å². The molecule has 0 unspecified atom stereocenters. The molecule has 0 atom stereocenters. The summed E-state index contributed by atoms with van der Waals surface area (Å²) in [7, 11) is -2.52. The Balaban J connectivity index is 2.58. The van der Waals surface area contributed by atoms with Gasteiger partial charge in [0, 0.05) is 12.6 Å². The van der Waals surface area contributed by atoms with E-state index < -0.39 is 39.1 Å². The minimum absolute atomic E-state index is 0.0505. The van der Waals surface area contributed by atoms with E-state index in [0.29, 0.717) is 0 Å². The minimum atomic E-state index is -4.63. The average Bonchev–Trinajstić information content (AvgIpc) is 2.77. The number of carbonyl (C=O) groups is 3. The zero-order valence-electron chi connectivity index (χ0n) is 17.8. The Morgan fingerprint density at radius 2 is 1.71 bits per heavy atom. The molecule has 12 nitrogen and oxygen atoms in total. The first-order valence-corrected chi connectivity index (χ1v) is 11.2. The molecule has 0 aliphatic rings. The largest absolute Gasteiger partial charge is 0.453 e. The van der Waals surface area contributed by atoms with Crippen molar-refractivity contribution in [1.82, 2.24) is 5.32 Å². The Bertz CT molecular complexity index is 1250. The zero-order chi connectivity index (χ0) is 25.5. The molecule has 34 heavy (non-hydrogen) atoms. The molecule has 2 aromatic carbocycles. The normalized spacial score (nSPS) is 11.3. The molecule has 182 valence electrons. The van der Waals surface area contributed by atoms with Crippen molar-refractivity contribution in [1.29, 1.82) is 0 Å². The second-order valence-electron chi connectivity index (χ2n) is 6.15. The second-order valence-corrected chi connectivity index (χ2v) is 8.45. The molecule has 3 amide bonds. The predicted octanol–water partition coefficient (Wildman–Crippen LogP) is 3.61. The zero-order valence-corrected chi connectivity index (χ0v) is 20.2. The lowest BCUT2D eigenvalue weighted by Gasteiger charge is -2.16. The molecule has 0 fully saturated rings. The maximum Gasteiger partial charge on any atom is 0.436 e. The van der Waals surface area contributed by atoms with Gasteiger partial charge in [0.25, 0.3) is 0 Å². The fourth-order valence-electron chi connectivity index (χ4n) is 2.32. The number of nitrogens with one attached hydrogen (secondary N) is 3. The quantitative estimate of drug-likeness (QED) is 0.296. The summed E-state index contributed by atoms with van der Waals surface area (Å²) < 4.78 is 40.3. The molecule has 0 radical (unpaired) electrons. The lowest BCUT2D eigenvalue weighted by Crippen LogP contribution is -2.37. The summed E-state index contributed by atoms with van der Waals surface area (Å²) in [6, 6.07) is 7.79. The topological polar surface area (TPSA) is 161 Å². The highest BCUT2D eigenvalue weighted by atomic mass is 35.5. The molecule has 3 N–H and O–H groups in total. The SMILES string of the molecule is COC(=O)N=C(NC(=O)OC)Nc1ccc(NC(C)=O)cc1S(=O)(=O)Oc1cccc(Cl)c1Cl. The number of guanidine groups is 1. The second kappa shape index (κ2) is 11.5. The van der Waals surface area contributed by atoms with Gasteiger partial charge in [-0.3, -0.25) is 10.1 Å². The van der Waals surface area contributed by atoms with Crippen molar-refractivity contribution in [3.05, 3.63) is 46.4 Å². The van der Waals surface area contributed by atoms with Gasteiger partial charge in [-0.2, -0.15) is 8.42 Å². The van der Waals surface area contributed by atoms with Crippen molar-refractivity contribution in [2.45, 2.75) is 11.8 Å². The number of anilines is 2. The number of ether oxygens (including phenoxy) is 2. The maximum atomic E-state index is 13.1. The van der Waals surface area contributed by atoms with Gasteiger partial charge in [0.15, 0.2) is 5.75 Å². The van der Waals surface area contributed by atoms with E-state index in [-0.39, 0.29) is 27.2 Å². The van der Waals surface area contributed by atoms with Gasteiger partial charge >= 0.3 is 22.3 Å². The Hall–Kier alpha value is -3.55. The standard InChI is InChI=1S/C19H18Cl2N4O8S/c1-10(26)22-11-7-8-13(23-17(24-18(27)31-2)25-19(28)32-3)15(9-11)34(29,30)33-14-6-4-5-12(20)16(14)21/h4-9H,1-3H3,(H,22,26)(H2,23,24,25,27,28). The van der Waals surface area contributed by atoms with Gasteiger partial charge in [0.05, 0.1) is 24.9 Å². The molecular formula is C19H18Cl2N4O8S. The van der Waals surface area contributed by atoms with E-state index in [9.17, 15) is 22.8 Å². The summed E-state index contributed by atoms with van der Waals surface area (Å²) in [5, 5.41) is 6.92. The monoisotopic (exact) mass is 532 g/mol. The molecule has 2 aromatic rings. The summed E-state index contributed by atoms with van der Waals surface area (Å²) in [4.78, 5) is 37.6. The first-order valence-electron chi connectivity index (χ1n) is 9.05. The van der Waals surface area contributed by atoms with Crippen LogP contribution in [0.25, 0.3) is 0 Å². The van der Waals surface area contributed by atoms with E-state index in [2.05, 4.69) is 30.4 Å². The smallest absolute Gasteiger partial charge is 0.436 e. The molecule has 0 aliphatic carbocycles. The van der Waals surface area contributed by atoms with E-state index >= 15 is 0 Å². The fraction of sp³-hybridized carbons (Fsp3) is 0.158. The van der Waals surface area contributed by atoms with Crippen LogP contribution in [0.3, 0.4) is 0 Å². The van der Waals surface area contributed by atoms with Crippen LogP contribution < -0.4 is 20.1 Å². The molecule has 0 saturated carbocycles. The first-order chi connectivity index (χ1) is 16.0. The number of aliphatic imine (C=N–C) groups is 1. The van der Waals surface area contributed by atoms with E-state index in [1.54, 1.807) is 0 Å². The van der Waals surface area contributed by atoms with Gasteiger partial charge in [0.2, 0.25) is 11.9 Å². The van der Waals surface area contributed by atoms with Crippen LogP contribution in [0.1, 0.15) is 6.92 Å². The number of methoxy groups -OCH3 is 2. The Morgan fingerprint density at radius 3 is 2.32 bits per heavy atom. The molecule has 15 heteroatoms. The minimum Gasteiger partial charge on any atom is -0.453 e. The van der Waals surface area contributed by atoms with Crippen LogP contribution in [-0.4, -0.2) is 46.7 Å². The Labute approximate surface area is 204 Å². The Morgan fingerprint density at radius 1 is 1.00 bits per heavy atom. The number of amides is 3. The summed E-state index contributed by atoms with van der Waals surface area (Å²) in [5.41, 5.74) is -0.101. The van der Waals surface area contributed by atoms with Crippen LogP contribution in [0.15, 0.2) is 46.3 Å². The highest BCUT2D eigenvalue weighted by Crippen LogP contribution is 2.35. The van der Waals surface area contributed by atoms with Gasteiger partial charge in [-0.05, 0) is 30.3 Å². The number of rotatable bonds is 5. The lowest BCUT2D eigenvalue weighted by molar-refractivity contribution is -0.114. The van der Waals surface area contributed by atoms with E-state index in [4.69, 9.17) is 27.4 Å². The van der Waals surface area contributed by atoms with Crippen LogP contribution in [-0.2, 0) is 24.4 Å². The third kappa shape index (κ3) is 7.23. The Kier molecular flexibility index (Phi) is 9.06. The van der Waals surface area contributed by atoms with Gasteiger partial charge in [-0.1, -0.05) is 29.3 Å². The number of halogens is 2. The van der Waals surface area contributed by atoms with Crippen molar-refractivity contribution in [2.24, 2.45) is 4.99 Å². The van der Waals surface area contributed by atoms with Crippen molar-refractivity contribution in [3.8, 4) is 5.75 Å². The van der Waals surface area contributed by atoms with Crippen LogP contribution in [0, 0.1) is 0 Å². The molecule has 0 heterocycles. The number of hydrogen-bond donors (Lipinski definition) is 3. The molecule has 0 bridgehead atoms. The summed E-state index contributed by atoms with van der Waals surface area (Å²) in [6.07, 6.45) is -2.13. The maximum absolute atomic E-state index is 13.1. The highest BCUT2D eigenvalue weighted by molar-refractivity contribution is 7.87. The van der Waals surface area contributed by atoms with Gasteiger partial charge < -0.3 is 24.3 Å². The number of benzene rings is 2. The molecule has 0 aromatic heterocycles. The fourth-order valence-corrected chi connectivity index (χ4v) is 3.83. The molecule has 0 aliphatic heterocycles. The number of alkyl carbamates (subject to hydrolysis) is 1. The average molecular weight is 533 g/mol. The van der Waals surface area contributed by atoms with Crippen LogP contribution in [0.2, 0.25) is 10.0 Å². The lowest BCUT2D eigenvalue weighted by atomic mass is 10.2. The molecule has 0 saturated heterocycles. The van der Waals surface area contributed by atoms with Crippen LogP contribution >= 0.6 is 23.2 Å². The number of hydrogen-bond acceptors (Lipinski definition) is 8. The van der Waals surface area contributed by atoms with Crippen molar-refractivity contribution in [3.63, 3.8) is 0 Å². The summed E-state index contributed by atoms with van der Waals surface area (Å²) in [6.45, 7) is 1.23. The van der Waals surface area contributed by atoms with Crippen LogP contribution in [0.5, 0.6) is 5.75 Å². The van der Waals surface area contributed by atoms with Gasteiger partial charge in [-0.25, -0.2) is 9.59 Å².